The van der Waals surface area contributed by atoms with E-state index in [9.17, 15) is 19.2 Å². The molecule has 8 heteroatoms. The summed E-state index contributed by atoms with van der Waals surface area (Å²) in [5.41, 5.74) is 2.67. The van der Waals surface area contributed by atoms with Crippen molar-refractivity contribution in [2.75, 3.05) is 18.9 Å². The third-order valence-corrected chi connectivity index (χ3v) is 7.11. The van der Waals surface area contributed by atoms with Gasteiger partial charge in [-0.15, -0.1) is 0 Å². The first-order valence-electron chi connectivity index (χ1n) is 11.2. The first-order valence-corrected chi connectivity index (χ1v) is 11.2. The number of amides is 5. The van der Waals surface area contributed by atoms with Crippen molar-refractivity contribution in [3.05, 3.63) is 65.2 Å². The molecule has 0 aromatic heterocycles. The normalized spacial score (nSPS) is 24.3. The van der Waals surface area contributed by atoms with E-state index in [-0.39, 0.29) is 36.3 Å². The van der Waals surface area contributed by atoms with Gasteiger partial charge in [0.1, 0.15) is 12.1 Å². The summed E-state index contributed by atoms with van der Waals surface area (Å²) in [7, 11) is 1.63. The van der Waals surface area contributed by atoms with Crippen LogP contribution in [-0.4, -0.2) is 52.7 Å². The third-order valence-electron chi connectivity index (χ3n) is 7.11. The van der Waals surface area contributed by atoms with Crippen LogP contribution in [0.1, 0.15) is 42.0 Å². The van der Waals surface area contributed by atoms with Crippen LogP contribution < -0.4 is 10.6 Å². The molecule has 2 atom stereocenters. The number of benzene rings is 2. The smallest absolute Gasteiger partial charge is 0.324 e. The standard InChI is InChI=1S/C25H26N4O4/c1-28-24(33)27-23(32)25(28)13-17-10-11-19(12-18(17)14-25)26-21(30)15-29-20(8-5-9-22(29)31)16-6-3-2-4-7-16/h2-4,6-7,10-12,20H,5,8-9,13-15H2,1H3,(H,26,30)(H,27,32,33). The Hall–Kier alpha value is -3.68. The second-order valence-corrected chi connectivity index (χ2v) is 9.08. The van der Waals surface area contributed by atoms with Crippen LogP contribution in [0.15, 0.2) is 48.5 Å². The van der Waals surface area contributed by atoms with E-state index in [0.717, 1.165) is 29.5 Å². The van der Waals surface area contributed by atoms with Gasteiger partial charge in [-0.1, -0.05) is 36.4 Å². The van der Waals surface area contributed by atoms with E-state index in [1.54, 1.807) is 18.0 Å². The molecule has 1 aliphatic carbocycles. The van der Waals surface area contributed by atoms with Gasteiger partial charge in [-0.2, -0.15) is 0 Å². The topological polar surface area (TPSA) is 98.8 Å². The number of likely N-dealkylation sites (tertiary alicyclic amines) is 1. The molecule has 2 heterocycles. The van der Waals surface area contributed by atoms with Crippen LogP contribution in [0.25, 0.3) is 0 Å². The van der Waals surface area contributed by atoms with Gasteiger partial charge in [0.05, 0.1) is 6.04 Å². The van der Waals surface area contributed by atoms with Crippen molar-refractivity contribution in [3.63, 3.8) is 0 Å². The van der Waals surface area contributed by atoms with Crippen LogP contribution >= 0.6 is 0 Å². The number of fused-ring (bicyclic) bond motifs is 1. The minimum Gasteiger partial charge on any atom is -0.326 e. The highest BCUT2D eigenvalue weighted by atomic mass is 16.2. The van der Waals surface area contributed by atoms with E-state index in [1.165, 1.54) is 4.90 Å². The molecular formula is C25H26N4O4. The second kappa shape index (κ2) is 8.03. The van der Waals surface area contributed by atoms with Gasteiger partial charge in [-0.3, -0.25) is 19.7 Å². The molecule has 8 nitrogen and oxygen atoms in total. The van der Waals surface area contributed by atoms with Gasteiger partial charge in [-0.05, 0) is 41.7 Å². The van der Waals surface area contributed by atoms with E-state index in [0.29, 0.717) is 24.9 Å². The Bertz CT molecular complexity index is 1150. The molecule has 2 aliphatic heterocycles. The summed E-state index contributed by atoms with van der Waals surface area (Å²) in [4.78, 5) is 53.1. The largest absolute Gasteiger partial charge is 0.326 e. The van der Waals surface area contributed by atoms with E-state index in [1.807, 2.05) is 42.5 Å². The Morgan fingerprint density at radius 3 is 2.58 bits per heavy atom. The summed E-state index contributed by atoms with van der Waals surface area (Å²) >= 11 is 0. The van der Waals surface area contributed by atoms with Crippen molar-refractivity contribution in [2.24, 2.45) is 0 Å². The Balaban J connectivity index is 1.30. The van der Waals surface area contributed by atoms with Crippen molar-refractivity contribution in [1.29, 1.82) is 0 Å². The monoisotopic (exact) mass is 446 g/mol. The molecule has 5 rings (SSSR count). The van der Waals surface area contributed by atoms with Crippen molar-refractivity contribution in [3.8, 4) is 0 Å². The average Bonchev–Trinajstić information content (AvgIpc) is 3.28. The second-order valence-electron chi connectivity index (χ2n) is 9.08. The Morgan fingerprint density at radius 1 is 1.09 bits per heavy atom. The molecule has 0 radical (unpaired) electrons. The molecule has 2 N–H and O–H groups in total. The first kappa shape index (κ1) is 21.2. The lowest BCUT2D eigenvalue weighted by Crippen LogP contribution is -2.48. The fraction of sp³-hybridized carbons (Fsp3) is 0.360. The Kier molecular flexibility index (Phi) is 5.15. The average molecular weight is 447 g/mol. The number of carbonyl (C=O) groups is 4. The number of carbonyl (C=O) groups excluding carboxylic acids is 4. The fourth-order valence-electron chi connectivity index (χ4n) is 5.27. The quantitative estimate of drug-likeness (QED) is 0.705. The van der Waals surface area contributed by atoms with Crippen LogP contribution in [0.5, 0.6) is 0 Å². The maximum absolute atomic E-state index is 12.9. The van der Waals surface area contributed by atoms with Crippen LogP contribution in [0.2, 0.25) is 0 Å². The SMILES string of the molecule is CN1C(=O)NC(=O)C12Cc1ccc(NC(=O)CN3C(=O)CCCC3c3ccccc3)cc1C2. The van der Waals surface area contributed by atoms with Crippen molar-refractivity contribution >= 4 is 29.4 Å². The Labute approximate surface area is 191 Å². The lowest BCUT2D eigenvalue weighted by atomic mass is 9.95. The van der Waals surface area contributed by atoms with Gasteiger partial charge in [0, 0.05) is 32.0 Å². The van der Waals surface area contributed by atoms with Gasteiger partial charge in [0.15, 0.2) is 0 Å². The highest BCUT2D eigenvalue weighted by Crippen LogP contribution is 2.38. The third kappa shape index (κ3) is 3.65. The van der Waals surface area contributed by atoms with Crippen LogP contribution in [0.3, 0.4) is 0 Å². The van der Waals surface area contributed by atoms with E-state index < -0.39 is 5.54 Å². The van der Waals surface area contributed by atoms with Gasteiger partial charge < -0.3 is 15.1 Å². The summed E-state index contributed by atoms with van der Waals surface area (Å²) in [6.45, 7) is -0.0148. The predicted molar refractivity (Wildman–Crippen MR) is 121 cm³/mol. The highest BCUT2D eigenvalue weighted by Gasteiger charge is 2.54. The van der Waals surface area contributed by atoms with Crippen molar-refractivity contribution in [1.82, 2.24) is 15.1 Å². The van der Waals surface area contributed by atoms with Gasteiger partial charge in [-0.25, -0.2) is 4.79 Å². The molecule has 2 fully saturated rings. The first-order chi connectivity index (χ1) is 15.9. The number of piperidine rings is 1. The van der Waals surface area contributed by atoms with Crippen molar-refractivity contribution < 1.29 is 19.2 Å². The molecule has 0 saturated carbocycles. The van der Waals surface area contributed by atoms with Crippen LogP contribution in [0.4, 0.5) is 10.5 Å². The number of urea groups is 1. The summed E-state index contributed by atoms with van der Waals surface area (Å²) in [5, 5.41) is 5.30. The van der Waals surface area contributed by atoms with E-state index >= 15 is 0 Å². The molecular weight excluding hydrogens is 420 g/mol. The summed E-state index contributed by atoms with van der Waals surface area (Å²) in [5.74, 6) is -0.557. The lowest BCUT2D eigenvalue weighted by molar-refractivity contribution is -0.139. The maximum Gasteiger partial charge on any atom is 0.324 e. The predicted octanol–water partition coefficient (Wildman–Crippen LogP) is 2.40. The fourth-order valence-corrected chi connectivity index (χ4v) is 5.27. The zero-order chi connectivity index (χ0) is 23.2. The lowest BCUT2D eigenvalue weighted by Gasteiger charge is -2.35. The van der Waals surface area contributed by atoms with E-state index in [2.05, 4.69) is 10.6 Å². The number of rotatable bonds is 4. The molecule has 3 aliphatic rings. The highest BCUT2D eigenvalue weighted by molar-refractivity contribution is 6.07. The van der Waals surface area contributed by atoms with Crippen LogP contribution in [-0.2, 0) is 27.2 Å². The van der Waals surface area contributed by atoms with Crippen LogP contribution in [0, 0.1) is 0 Å². The van der Waals surface area contributed by atoms with E-state index in [4.69, 9.17) is 0 Å². The zero-order valence-corrected chi connectivity index (χ0v) is 18.5. The molecule has 1 spiro atoms. The zero-order valence-electron chi connectivity index (χ0n) is 18.5. The van der Waals surface area contributed by atoms with Gasteiger partial charge in [0.25, 0.3) is 5.91 Å². The molecule has 2 aromatic rings. The molecule has 2 saturated heterocycles. The molecule has 2 unspecified atom stereocenters. The summed E-state index contributed by atoms with van der Waals surface area (Å²) in [6, 6.07) is 14.9. The summed E-state index contributed by atoms with van der Waals surface area (Å²) in [6.07, 6.45) is 2.95. The van der Waals surface area contributed by atoms with Gasteiger partial charge >= 0.3 is 6.03 Å². The minimum atomic E-state index is -0.898. The summed E-state index contributed by atoms with van der Waals surface area (Å²) < 4.78 is 0. The number of likely N-dealkylation sites (N-methyl/N-ethyl adjacent to an activating group) is 1. The molecule has 0 bridgehead atoms. The molecule has 2 aromatic carbocycles. The number of hydrogen-bond donors (Lipinski definition) is 2. The van der Waals surface area contributed by atoms with Gasteiger partial charge in [0.2, 0.25) is 11.8 Å². The molecule has 170 valence electrons. The number of hydrogen-bond acceptors (Lipinski definition) is 4. The Morgan fingerprint density at radius 2 is 1.85 bits per heavy atom. The molecule has 5 amide bonds. The number of nitrogens with one attached hydrogen (secondary N) is 2. The number of anilines is 1. The minimum absolute atomic E-state index is 0.0129. The number of imide groups is 1. The van der Waals surface area contributed by atoms with Crippen molar-refractivity contribution in [2.45, 2.75) is 43.7 Å². The number of nitrogens with zero attached hydrogens (tertiary/aromatic N) is 2. The maximum atomic E-state index is 12.9. The molecule has 33 heavy (non-hydrogen) atoms.